The van der Waals surface area contributed by atoms with E-state index in [9.17, 15) is 14.4 Å². The van der Waals surface area contributed by atoms with Crippen molar-refractivity contribution in [2.24, 2.45) is 0 Å². The first-order valence-corrected chi connectivity index (χ1v) is 14.0. The van der Waals surface area contributed by atoms with E-state index in [2.05, 4.69) is 16.4 Å². The van der Waals surface area contributed by atoms with Crippen molar-refractivity contribution >= 4 is 29.2 Å². The summed E-state index contributed by atoms with van der Waals surface area (Å²) >= 11 is 1.50. The lowest BCUT2D eigenvalue weighted by Gasteiger charge is -2.31. The van der Waals surface area contributed by atoms with Crippen LogP contribution < -0.4 is 5.32 Å². The Bertz CT molecular complexity index is 936. The first-order valence-electron chi connectivity index (χ1n) is 13.1. The highest BCUT2D eigenvalue weighted by Crippen LogP contribution is 2.31. The number of nitrogens with one attached hydrogen (secondary N) is 1. The van der Waals surface area contributed by atoms with Gasteiger partial charge in [0.05, 0.1) is 11.1 Å². The van der Waals surface area contributed by atoms with Gasteiger partial charge >= 0.3 is 12.0 Å². The Labute approximate surface area is 212 Å². The Hall–Kier alpha value is -2.42. The molecule has 0 saturated carbocycles. The van der Waals surface area contributed by atoms with Gasteiger partial charge in [0.1, 0.15) is 11.7 Å². The third-order valence-corrected chi connectivity index (χ3v) is 8.12. The number of nitrogens with zero attached hydrogens (tertiary/aromatic N) is 3. The lowest BCUT2D eigenvalue weighted by atomic mass is 9.97. The normalized spacial score (nSPS) is 21.2. The molecule has 2 fully saturated rings. The molecule has 8 nitrogen and oxygen atoms in total. The van der Waals surface area contributed by atoms with Crippen LogP contribution in [0.2, 0.25) is 0 Å². The molecule has 4 rings (SSSR count). The maximum absolute atomic E-state index is 13.1. The minimum absolute atomic E-state index is 0.0169. The van der Waals surface area contributed by atoms with Crippen LogP contribution in [0, 0.1) is 0 Å². The van der Waals surface area contributed by atoms with Crippen molar-refractivity contribution in [1.82, 2.24) is 20.1 Å². The van der Waals surface area contributed by atoms with Gasteiger partial charge in [-0.05, 0) is 71.6 Å². The van der Waals surface area contributed by atoms with E-state index >= 15 is 0 Å². The second kappa shape index (κ2) is 12.0. The van der Waals surface area contributed by atoms with E-state index in [1.807, 2.05) is 18.7 Å². The number of rotatable bonds is 7. The minimum Gasteiger partial charge on any atom is -0.461 e. The molecule has 1 aromatic heterocycles. The van der Waals surface area contributed by atoms with Gasteiger partial charge in [-0.2, -0.15) is 0 Å². The number of thiazole rings is 1. The number of urea groups is 1. The summed E-state index contributed by atoms with van der Waals surface area (Å²) in [5, 5.41) is 5.82. The smallest absolute Gasteiger partial charge is 0.329 e. The molecule has 0 spiro atoms. The minimum atomic E-state index is -0.522. The molecule has 3 heterocycles. The number of piperidine rings is 1. The summed E-state index contributed by atoms with van der Waals surface area (Å²) in [5.41, 5.74) is 1.88. The fourth-order valence-corrected chi connectivity index (χ4v) is 6.15. The summed E-state index contributed by atoms with van der Waals surface area (Å²) in [7, 11) is 0. The Balaban J connectivity index is 1.25. The van der Waals surface area contributed by atoms with Crippen LogP contribution in [-0.2, 0) is 9.53 Å². The van der Waals surface area contributed by atoms with E-state index in [4.69, 9.17) is 4.74 Å². The lowest BCUT2D eigenvalue weighted by Crippen LogP contribution is -2.44. The number of ether oxygens (including phenoxy) is 1. The molecule has 0 radical (unpaired) electrons. The van der Waals surface area contributed by atoms with Gasteiger partial charge in [0.2, 0.25) is 0 Å². The largest absolute Gasteiger partial charge is 0.461 e. The standard InChI is InChI=1S/C26H38N4O4S/c1-18(2)34-25(32)22-9-6-14-30(22)24(31)21-17-35-23(28-21)20-11-15-29(16-12-20)26(33)27-13-10-19-7-4-3-5-8-19/h7,17-18,20,22H,3-6,8-16H2,1-2H3,(H,27,33). The summed E-state index contributed by atoms with van der Waals surface area (Å²) in [6.07, 6.45) is 11.1. The van der Waals surface area contributed by atoms with Gasteiger partial charge in [-0.15, -0.1) is 11.3 Å². The first-order chi connectivity index (χ1) is 16.9. The van der Waals surface area contributed by atoms with Crippen molar-refractivity contribution in [1.29, 1.82) is 0 Å². The molecule has 0 bridgehead atoms. The summed E-state index contributed by atoms with van der Waals surface area (Å²) in [5.74, 6) is -0.277. The average Bonchev–Trinajstić information content (AvgIpc) is 3.54. The Morgan fingerprint density at radius 1 is 1.14 bits per heavy atom. The van der Waals surface area contributed by atoms with Gasteiger partial charge in [0.15, 0.2) is 0 Å². The number of hydrogen-bond acceptors (Lipinski definition) is 6. The van der Waals surface area contributed by atoms with E-state index in [1.165, 1.54) is 42.6 Å². The molecule has 2 aliphatic heterocycles. The summed E-state index contributed by atoms with van der Waals surface area (Å²) in [6, 6.07) is -0.505. The van der Waals surface area contributed by atoms with E-state index in [-0.39, 0.29) is 29.9 Å². The number of carbonyl (C=O) groups excluding carboxylic acids is 3. The monoisotopic (exact) mass is 502 g/mol. The van der Waals surface area contributed by atoms with Crippen LogP contribution in [-0.4, -0.2) is 71.0 Å². The molecule has 9 heteroatoms. The molecule has 3 amide bonds. The first kappa shape index (κ1) is 25.7. The van der Waals surface area contributed by atoms with Crippen molar-refractivity contribution in [2.75, 3.05) is 26.2 Å². The van der Waals surface area contributed by atoms with Gasteiger partial charge in [-0.3, -0.25) is 4.79 Å². The zero-order valence-electron chi connectivity index (χ0n) is 21.0. The fourth-order valence-electron chi connectivity index (χ4n) is 5.19. The fraction of sp³-hybridized carbons (Fsp3) is 0.692. The third-order valence-electron chi connectivity index (χ3n) is 7.12. The molecule has 1 N–H and O–H groups in total. The molecule has 35 heavy (non-hydrogen) atoms. The van der Waals surface area contributed by atoms with E-state index in [1.54, 1.807) is 10.3 Å². The Kier molecular flexibility index (Phi) is 8.81. The van der Waals surface area contributed by atoms with Gasteiger partial charge in [0.25, 0.3) is 5.91 Å². The van der Waals surface area contributed by atoms with Crippen molar-refractivity contribution < 1.29 is 19.1 Å². The summed E-state index contributed by atoms with van der Waals surface area (Å²) in [6.45, 7) is 6.26. The van der Waals surface area contributed by atoms with E-state index in [0.717, 1.165) is 30.7 Å². The summed E-state index contributed by atoms with van der Waals surface area (Å²) in [4.78, 5) is 46.2. The third kappa shape index (κ3) is 6.63. The molecule has 2 saturated heterocycles. The quantitative estimate of drug-likeness (QED) is 0.438. The van der Waals surface area contributed by atoms with Crippen LogP contribution in [0.5, 0.6) is 0 Å². The molecule has 3 aliphatic rings. The Morgan fingerprint density at radius 2 is 1.94 bits per heavy atom. The van der Waals surface area contributed by atoms with Crippen molar-refractivity contribution in [3.8, 4) is 0 Å². The predicted octanol–water partition coefficient (Wildman–Crippen LogP) is 4.48. The van der Waals surface area contributed by atoms with Crippen LogP contribution in [0.15, 0.2) is 17.0 Å². The maximum atomic E-state index is 13.1. The number of allylic oxidation sites excluding steroid dienone is 1. The zero-order chi connectivity index (χ0) is 24.8. The molecular formula is C26H38N4O4S. The van der Waals surface area contributed by atoms with Crippen LogP contribution in [0.4, 0.5) is 4.79 Å². The Morgan fingerprint density at radius 3 is 2.66 bits per heavy atom. The number of aromatic nitrogens is 1. The van der Waals surface area contributed by atoms with Gasteiger partial charge < -0.3 is 19.9 Å². The van der Waals surface area contributed by atoms with Crippen LogP contribution in [0.1, 0.15) is 93.0 Å². The molecular weight excluding hydrogens is 464 g/mol. The number of esters is 1. The van der Waals surface area contributed by atoms with Crippen LogP contribution in [0.25, 0.3) is 0 Å². The molecule has 0 aromatic carbocycles. The average molecular weight is 503 g/mol. The van der Waals surface area contributed by atoms with Crippen LogP contribution >= 0.6 is 11.3 Å². The molecule has 1 unspecified atom stereocenters. The number of carbonyl (C=O) groups is 3. The van der Waals surface area contributed by atoms with Crippen molar-refractivity contribution in [3.05, 3.63) is 27.7 Å². The molecule has 1 atom stereocenters. The highest BCUT2D eigenvalue weighted by molar-refractivity contribution is 7.09. The van der Waals surface area contributed by atoms with E-state index in [0.29, 0.717) is 38.3 Å². The van der Waals surface area contributed by atoms with Gasteiger partial charge in [-0.25, -0.2) is 14.6 Å². The van der Waals surface area contributed by atoms with E-state index < -0.39 is 6.04 Å². The highest BCUT2D eigenvalue weighted by atomic mass is 32.1. The maximum Gasteiger partial charge on any atom is 0.329 e. The van der Waals surface area contributed by atoms with Gasteiger partial charge in [-0.1, -0.05) is 11.6 Å². The second-order valence-electron chi connectivity index (χ2n) is 10.1. The predicted molar refractivity (Wildman–Crippen MR) is 136 cm³/mol. The second-order valence-corrected chi connectivity index (χ2v) is 11.0. The van der Waals surface area contributed by atoms with Crippen LogP contribution in [0.3, 0.4) is 0 Å². The molecule has 1 aromatic rings. The number of hydrogen-bond donors (Lipinski definition) is 1. The molecule has 1 aliphatic carbocycles. The topological polar surface area (TPSA) is 91.8 Å². The van der Waals surface area contributed by atoms with Crippen molar-refractivity contribution in [2.45, 2.75) is 89.7 Å². The zero-order valence-corrected chi connectivity index (χ0v) is 21.8. The highest BCUT2D eigenvalue weighted by Gasteiger charge is 2.37. The molecule has 192 valence electrons. The lowest BCUT2D eigenvalue weighted by molar-refractivity contribution is -0.151. The SMILES string of the molecule is CC(C)OC(=O)C1CCCN1C(=O)c1csc(C2CCN(C(=O)NCCC3=CCCCC3)CC2)n1. The number of likely N-dealkylation sites (tertiary alicyclic amines) is 2. The number of amides is 3. The van der Waals surface area contributed by atoms with Crippen molar-refractivity contribution in [3.63, 3.8) is 0 Å². The van der Waals surface area contributed by atoms with Gasteiger partial charge in [0, 0.05) is 37.5 Å². The summed E-state index contributed by atoms with van der Waals surface area (Å²) < 4.78 is 5.34.